The van der Waals surface area contributed by atoms with E-state index < -0.39 is 4.92 Å². The van der Waals surface area contributed by atoms with Gasteiger partial charge in [0.1, 0.15) is 5.75 Å². The summed E-state index contributed by atoms with van der Waals surface area (Å²) in [5, 5.41) is 14.9. The molecule has 0 spiro atoms. The van der Waals surface area contributed by atoms with E-state index >= 15 is 0 Å². The molecule has 9 nitrogen and oxygen atoms in total. The van der Waals surface area contributed by atoms with Crippen molar-refractivity contribution in [2.24, 2.45) is 5.10 Å². The molecule has 4 rings (SSSR count). The number of para-hydroxylation sites is 3. The summed E-state index contributed by atoms with van der Waals surface area (Å²) in [7, 11) is 1.70. The average Bonchev–Trinajstić information content (AvgIpc) is 2.89. The van der Waals surface area contributed by atoms with E-state index in [1.807, 2.05) is 30.3 Å². The Morgan fingerprint density at radius 2 is 1.71 bits per heavy atom. The number of hydrogen-bond donors (Lipinski definition) is 1. The molecule has 9 heteroatoms. The van der Waals surface area contributed by atoms with Crippen molar-refractivity contribution in [1.29, 1.82) is 0 Å². The fourth-order valence-electron chi connectivity index (χ4n) is 4.05. The third-order valence-corrected chi connectivity index (χ3v) is 5.92. The molecule has 0 saturated carbocycles. The number of nitrogens with one attached hydrogen (secondary N) is 1. The number of amides is 1. The largest absolute Gasteiger partial charge is 0.495 e. The van der Waals surface area contributed by atoms with Crippen molar-refractivity contribution in [1.82, 2.24) is 10.3 Å². The van der Waals surface area contributed by atoms with Gasteiger partial charge in [0.15, 0.2) is 0 Å². The van der Waals surface area contributed by atoms with Crippen LogP contribution in [0.3, 0.4) is 0 Å². The standard InChI is InChI=1S/C26H27N5O4/c1-35-25-9-5-4-8-24(25)30-16-14-29(15-17-30)19-20-10-12-21(13-11-20)26(32)28-27-18-22-6-2-3-7-23(22)31(33)34/h2-13,18H,14-17,19H2,1H3,(H,28,32)/b27-18-. The predicted octanol–water partition coefficient (Wildman–Crippen LogP) is 3.69. The molecule has 0 radical (unpaired) electrons. The summed E-state index contributed by atoms with van der Waals surface area (Å²) in [6.45, 7) is 4.50. The minimum Gasteiger partial charge on any atom is -0.495 e. The highest BCUT2D eigenvalue weighted by molar-refractivity contribution is 5.95. The highest BCUT2D eigenvalue weighted by Gasteiger charge is 2.19. The Bertz CT molecular complexity index is 1200. The Labute approximate surface area is 203 Å². The van der Waals surface area contributed by atoms with Gasteiger partial charge in [-0.3, -0.25) is 19.8 Å². The number of nitrogens with zero attached hydrogens (tertiary/aromatic N) is 4. The molecule has 0 unspecified atom stereocenters. The summed E-state index contributed by atoms with van der Waals surface area (Å²) in [6, 6.07) is 21.7. The molecular formula is C26H27N5O4. The zero-order valence-electron chi connectivity index (χ0n) is 19.5. The van der Waals surface area contributed by atoms with Gasteiger partial charge in [0, 0.05) is 44.4 Å². The average molecular weight is 474 g/mol. The maximum atomic E-state index is 12.4. The summed E-state index contributed by atoms with van der Waals surface area (Å²) in [6.07, 6.45) is 1.27. The molecule has 1 heterocycles. The molecule has 1 amide bonds. The van der Waals surface area contributed by atoms with E-state index in [9.17, 15) is 14.9 Å². The third kappa shape index (κ3) is 6.01. The number of hydrogen-bond acceptors (Lipinski definition) is 7. The van der Waals surface area contributed by atoms with Crippen molar-refractivity contribution in [3.05, 3.63) is 99.6 Å². The van der Waals surface area contributed by atoms with Crippen LogP contribution in [0, 0.1) is 10.1 Å². The monoisotopic (exact) mass is 473 g/mol. The van der Waals surface area contributed by atoms with Gasteiger partial charge < -0.3 is 9.64 Å². The minimum absolute atomic E-state index is 0.0707. The Hall–Kier alpha value is -4.24. The molecule has 0 bridgehead atoms. The molecule has 0 atom stereocenters. The molecule has 0 aromatic heterocycles. The number of carbonyl (C=O) groups excluding carboxylic acids is 1. The van der Waals surface area contributed by atoms with Crippen molar-refractivity contribution in [3.63, 3.8) is 0 Å². The molecule has 3 aromatic carbocycles. The lowest BCUT2D eigenvalue weighted by molar-refractivity contribution is -0.385. The van der Waals surface area contributed by atoms with Gasteiger partial charge in [-0.15, -0.1) is 0 Å². The van der Waals surface area contributed by atoms with Gasteiger partial charge in [0.25, 0.3) is 11.6 Å². The third-order valence-electron chi connectivity index (χ3n) is 5.92. The van der Waals surface area contributed by atoms with Crippen LogP contribution in [-0.4, -0.2) is 55.2 Å². The summed E-state index contributed by atoms with van der Waals surface area (Å²) < 4.78 is 5.49. The van der Waals surface area contributed by atoms with Crippen molar-refractivity contribution in [2.75, 3.05) is 38.2 Å². The number of hydrazone groups is 1. The second-order valence-corrected chi connectivity index (χ2v) is 8.15. The fourth-order valence-corrected chi connectivity index (χ4v) is 4.05. The first-order chi connectivity index (χ1) is 17.0. The molecule has 3 aromatic rings. The van der Waals surface area contributed by atoms with Crippen LogP contribution in [0.2, 0.25) is 0 Å². The number of nitro benzene ring substituents is 1. The molecule has 180 valence electrons. The lowest BCUT2D eigenvalue weighted by Gasteiger charge is -2.36. The van der Waals surface area contributed by atoms with Crippen LogP contribution in [0.4, 0.5) is 11.4 Å². The number of rotatable bonds is 8. The fraction of sp³-hybridized carbons (Fsp3) is 0.231. The number of nitro groups is 1. The van der Waals surface area contributed by atoms with Crippen LogP contribution in [-0.2, 0) is 6.54 Å². The van der Waals surface area contributed by atoms with Crippen molar-refractivity contribution in [3.8, 4) is 5.75 Å². The van der Waals surface area contributed by atoms with Gasteiger partial charge in [-0.1, -0.05) is 36.4 Å². The molecule has 1 aliphatic rings. The topological polar surface area (TPSA) is 100 Å². The second-order valence-electron chi connectivity index (χ2n) is 8.15. The van der Waals surface area contributed by atoms with E-state index in [0.29, 0.717) is 11.1 Å². The van der Waals surface area contributed by atoms with Gasteiger partial charge in [-0.25, -0.2) is 5.43 Å². The maximum Gasteiger partial charge on any atom is 0.278 e. The molecule has 1 saturated heterocycles. The van der Waals surface area contributed by atoms with E-state index in [-0.39, 0.29) is 11.6 Å². The van der Waals surface area contributed by atoms with Crippen molar-refractivity contribution in [2.45, 2.75) is 6.54 Å². The number of carbonyl (C=O) groups is 1. The van der Waals surface area contributed by atoms with E-state index in [1.165, 1.54) is 12.3 Å². The van der Waals surface area contributed by atoms with Gasteiger partial charge in [-0.2, -0.15) is 5.10 Å². The zero-order valence-corrected chi connectivity index (χ0v) is 19.5. The molecule has 1 aliphatic heterocycles. The normalized spacial score (nSPS) is 14.1. The van der Waals surface area contributed by atoms with Crippen molar-refractivity contribution < 1.29 is 14.5 Å². The van der Waals surface area contributed by atoms with Crippen molar-refractivity contribution >= 4 is 23.5 Å². The van der Waals surface area contributed by atoms with Crippen LogP contribution in [0.15, 0.2) is 77.9 Å². The number of anilines is 1. The van der Waals surface area contributed by atoms with Gasteiger partial charge in [-0.05, 0) is 35.9 Å². The quantitative estimate of drug-likeness (QED) is 0.304. The summed E-state index contributed by atoms with van der Waals surface area (Å²) in [5.41, 5.74) is 5.38. The lowest BCUT2D eigenvalue weighted by Crippen LogP contribution is -2.46. The first-order valence-corrected chi connectivity index (χ1v) is 11.3. The van der Waals surface area contributed by atoms with Crippen LogP contribution in [0.1, 0.15) is 21.5 Å². The van der Waals surface area contributed by atoms with E-state index in [1.54, 1.807) is 37.4 Å². The van der Waals surface area contributed by atoms with E-state index in [4.69, 9.17) is 4.74 Å². The molecule has 1 N–H and O–H groups in total. The minimum atomic E-state index is -0.486. The first-order valence-electron chi connectivity index (χ1n) is 11.3. The lowest BCUT2D eigenvalue weighted by atomic mass is 10.1. The van der Waals surface area contributed by atoms with Crippen LogP contribution < -0.4 is 15.1 Å². The highest BCUT2D eigenvalue weighted by Crippen LogP contribution is 2.28. The molecule has 0 aliphatic carbocycles. The van der Waals surface area contributed by atoms with Gasteiger partial charge in [0.2, 0.25) is 0 Å². The maximum absolute atomic E-state index is 12.4. The number of benzene rings is 3. The first kappa shape index (κ1) is 23.9. The summed E-state index contributed by atoms with van der Waals surface area (Å²) >= 11 is 0. The number of piperazine rings is 1. The molecular weight excluding hydrogens is 446 g/mol. The molecule has 1 fully saturated rings. The Morgan fingerprint density at radius 1 is 1.03 bits per heavy atom. The van der Waals surface area contributed by atoms with Gasteiger partial charge >= 0.3 is 0 Å². The SMILES string of the molecule is COc1ccccc1N1CCN(Cc2ccc(C(=O)N/N=C\c3ccccc3[N+](=O)[O-])cc2)CC1. The second kappa shape index (κ2) is 11.3. The van der Waals surface area contributed by atoms with E-state index in [2.05, 4.69) is 26.4 Å². The van der Waals surface area contributed by atoms with Crippen LogP contribution in [0.25, 0.3) is 0 Å². The Morgan fingerprint density at radius 3 is 2.43 bits per heavy atom. The van der Waals surface area contributed by atoms with Gasteiger partial charge in [0.05, 0.1) is 29.5 Å². The van der Waals surface area contributed by atoms with E-state index in [0.717, 1.165) is 49.7 Å². The number of methoxy groups -OCH3 is 1. The Balaban J connectivity index is 1.28. The smallest absolute Gasteiger partial charge is 0.278 e. The van der Waals surface area contributed by atoms with Crippen LogP contribution >= 0.6 is 0 Å². The number of ether oxygens (including phenoxy) is 1. The summed E-state index contributed by atoms with van der Waals surface area (Å²) in [4.78, 5) is 27.7. The highest BCUT2D eigenvalue weighted by atomic mass is 16.6. The summed E-state index contributed by atoms with van der Waals surface area (Å²) in [5.74, 6) is 0.512. The molecule has 35 heavy (non-hydrogen) atoms. The van der Waals surface area contributed by atoms with Crippen LogP contribution in [0.5, 0.6) is 5.75 Å². The zero-order chi connectivity index (χ0) is 24.6. The predicted molar refractivity (Wildman–Crippen MR) is 135 cm³/mol. The Kier molecular flexibility index (Phi) is 7.69.